The summed E-state index contributed by atoms with van der Waals surface area (Å²) in [6.07, 6.45) is 13.3. The first kappa shape index (κ1) is 74.5. The maximum Gasteiger partial charge on any atom is 0.00413 e. The van der Waals surface area contributed by atoms with Gasteiger partial charge in [0, 0.05) is 73.7 Å². The quantitative estimate of drug-likeness (QED) is 0.0793. The van der Waals surface area contributed by atoms with Crippen LogP contribution in [0.4, 0.5) is 34.1 Å². The van der Waals surface area contributed by atoms with Crippen LogP contribution in [0.5, 0.6) is 0 Å². The zero-order chi connectivity index (χ0) is 63.9. The van der Waals surface area contributed by atoms with E-state index in [0.717, 1.165) is 0 Å². The molecule has 0 spiro atoms. The molecule has 9 rings (SSSR count). The van der Waals surface area contributed by atoms with E-state index in [2.05, 4.69) is 364 Å². The fourth-order valence-electron chi connectivity index (χ4n) is 12.7. The molecule has 6 aromatic rings. The molecule has 3 heterocycles. The van der Waals surface area contributed by atoms with Gasteiger partial charge in [0.05, 0.1) is 0 Å². The van der Waals surface area contributed by atoms with E-state index in [0.29, 0.717) is 71.0 Å². The molecule has 6 aromatic carbocycles. The number of para-hydroxylation sites is 6. The molecule has 89 heavy (non-hydrogen) atoms. The van der Waals surface area contributed by atoms with Crippen molar-refractivity contribution >= 4 is 96.4 Å². The SMILES string of the molecule is CC(C)c1cccc(C(C)C)c1N1[B-]N(c2c(C(C)C)cccc2C(C)C)C=C1.CC(C)c1cccc(C(C)C)c1N1[B-]N(c2c(C(C)C)cccc2C(C)C)C=C1.CC(C)c1cccc(C(C)C)c1N1[B-]N(c2c(C(C)C)cccc2C(C)C)C=C1.[Ga].[Ga]. The van der Waals surface area contributed by atoms with Crippen molar-refractivity contribution in [3.63, 3.8) is 0 Å². The van der Waals surface area contributed by atoms with Gasteiger partial charge < -0.3 is 28.9 Å². The molecule has 0 saturated carbocycles. The van der Waals surface area contributed by atoms with Crippen molar-refractivity contribution in [1.82, 2.24) is 0 Å². The molecule has 6 nitrogen and oxygen atoms in total. The maximum atomic E-state index is 2.33. The van der Waals surface area contributed by atoms with Crippen molar-refractivity contribution < 1.29 is 0 Å². The summed E-state index contributed by atoms with van der Waals surface area (Å²) in [6.45, 7) is 54.8. The Balaban J connectivity index is 0.000000240. The molecule has 468 valence electrons. The van der Waals surface area contributed by atoms with Crippen molar-refractivity contribution in [3.8, 4) is 0 Å². The van der Waals surface area contributed by atoms with Gasteiger partial charge in [-0.2, -0.15) is 0 Å². The molecule has 0 aliphatic carbocycles. The van der Waals surface area contributed by atoms with Crippen LogP contribution in [0, 0.1) is 0 Å². The summed E-state index contributed by atoms with van der Waals surface area (Å²) in [5.41, 5.74) is 24.9. The van der Waals surface area contributed by atoms with Crippen LogP contribution >= 0.6 is 0 Å². The van der Waals surface area contributed by atoms with Crippen LogP contribution in [0.15, 0.2) is 146 Å². The minimum Gasteiger partial charge on any atom is -0.564 e. The molecule has 0 unspecified atom stereocenters. The predicted octanol–water partition coefficient (Wildman–Crippen LogP) is 21.8. The second-order valence-electron chi connectivity index (χ2n) is 28.3. The Morgan fingerprint density at radius 3 is 0.348 bits per heavy atom. The Bertz CT molecular complexity index is 2630. The van der Waals surface area contributed by atoms with Crippen molar-refractivity contribution in [3.05, 3.63) is 213 Å². The third-order valence-corrected chi connectivity index (χ3v) is 17.5. The van der Waals surface area contributed by atoms with E-state index >= 15 is 0 Å². The number of rotatable bonds is 18. The molecular formula is C78H108B3Ga2N6-3. The van der Waals surface area contributed by atoms with Crippen molar-refractivity contribution in [2.75, 3.05) is 28.9 Å². The van der Waals surface area contributed by atoms with Gasteiger partial charge in [0.1, 0.15) is 0 Å². The van der Waals surface area contributed by atoms with Crippen LogP contribution in [-0.2, 0) is 0 Å². The molecule has 11 heteroatoms. The first-order chi connectivity index (χ1) is 41.2. The zero-order valence-electron chi connectivity index (χ0n) is 59.4. The second-order valence-corrected chi connectivity index (χ2v) is 28.3. The molecule has 12 radical (unpaired) electrons. The molecule has 0 amide bonds. The number of nitrogens with zero attached hydrogens (tertiary/aromatic N) is 6. The summed E-state index contributed by atoms with van der Waals surface area (Å²) in [4.78, 5) is 14.0. The van der Waals surface area contributed by atoms with Crippen molar-refractivity contribution in [2.45, 2.75) is 237 Å². The number of hydrogen-bond acceptors (Lipinski definition) is 6. The summed E-state index contributed by atoms with van der Waals surface area (Å²) in [7, 11) is 6.79. The topological polar surface area (TPSA) is 19.4 Å². The number of benzene rings is 6. The minimum absolute atomic E-state index is 0. The van der Waals surface area contributed by atoms with Gasteiger partial charge in [0.2, 0.25) is 0 Å². The number of hydrogen-bond donors (Lipinski definition) is 0. The van der Waals surface area contributed by atoms with Gasteiger partial charge in [-0.15, -0.1) is 0 Å². The van der Waals surface area contributed by atoms with Crippen LogP contribution in [0.2, 0.25) is 0 Å². The van der Waals surface area contributed by atoms with Crippen LogP contribution < -0.4 is 28.9 Å². The molecule has 3 aliphatic rings. The van der Waals surface area contributed by atoms with Crippen molar-refractivity contribution in [2.24, 2.45) is 0 Å². The maximum absolute atomic E-state index is 2.33. The minimum atomic E-state index is 0. The summed E-state index contributed by atoms with van der Waals surface area (Å²) in [6, 6.07) is 40.5. The van der Waals surface area contributed by atoms with Gasteiger partial charge in [0.25, 0.3) is 0 Å². The van der Waals surface area contributed by atoms with E-state index in [9.17, 15) is 0 Å². The van der Waals surface area contributed by atoms with E-state index in [1.165, 1.54) is 101 Å². The average Bonchev–Trinajstić information content (AvgIpc) is 1.97. The van der Waals surface area contributed by atoms with E-state index in [4.69, 9.17) is 0 Å². The molecule has 0 bridgehead atoms. The fourth-order valence-corrected chi connectivity index (χ4v) is 12.7. The fraction of sp³-hybridized carbons (Fsp3) is 0.462. The summed E-state index contributed by atoms with van der Waals surface area (Å²) >= 11 is 0. The van der Waals surface area contributed by atoms with Gasteiger partial charge in [-0.25, -0.2) is 0 Å². The third kappa shape index (κ3) is 17.1. The Labute approximate surface area is 571 Å². The summed E-state index contributed by atoms with van der Waals surface area (Å²) < 4.78 is 0. The summed E-state index contributed by atoms with van der Waals surface area (Å²) in [5.74, 6) is 5.76. The van der Waals surface area contributed by atoms with Crippen molar-refractivity contribution in [1.29, 1.82) is 0 Å². The molecule has 0 atom stereocenters. The smallest absolute Gasteiger partial charge is 0.00413 e. The third-order valence-electron chi connectivity index (χ3n) is 17.5. The van der Waals surface area contributed by atoms with Gasteiger partial charge in [-0.05, 0) is 175 Å². The Hall–Kier alpha value is -5.19. The van der Waals surface area contributed by atoms with E-state index in [1.807, 2.05) is 0 Å². The van der Waals surface area contributed by atoms with Gasteiger partial charge in [-0.3, -0.25) is 0 Å². The van der Waals surface area contributed by atoms with Crippen LogP contribution in [0.1, 0.15) is 304 Å². The van der Waals surface area contributed by atoms with Gasteiger partial charge in [0.15, 0.2) is 0 Å². The molecule has 0 saturated heterocycles. The van der Waals surface area contributed by atoms with E-state index < -0.39 is 0 Å². The van der Waals surface area contributed by atoms with Crippen LogP contribution in [-0.4, -0.2) is 62.2 Å². The Morgan fingerprint density at radius 1 is 0.180 bits per heavy atom. The monoisotopic (exact) mass is 1300 g/mol. The van der Waals surface area contributed by atoms with Gasteiger partial charge >= 0.3 is 0 Å². The average molecular weight is 1300 g/mol. The largest absolute Gasteiger partial charge is 0.564 e. The Kier molecular flexibility index (Phi) is 27.5. The van der Waals surface area contributed by atoms with Gasteiger partial charge in [-0.1, -0.05) is 298 Å². The molecule has 0 N–H and O–H groups in total. The number of anilines is 6. The molecule has 0 aromatic heterocycles. The summed E-state index contributed by atoms with van der Waals surface area (Å²) in [5, 5.41) is 0. The van der Waals surface area contributed by atoms with Crippen LogP contribution in [0.3, 0.4) is 0 Å². The molecular weight excluding hydrogens is 1190 g/mol. The normalized spacial score (nSPS) is 14.0. The van der Waals surface area contributed by atoms with E-state index in [1.54, 1.807) is 0 Å². The molecule has 3 aliphatic heterocycles. The van der Waals surface area contributed by atoms with E-state index in [-0.39, 0.29) is 39.6 Å². The standard InChI is InChI=1S/3C26H36BN2.2Ga/c3*1-17(2)21-11-9-12-22(18(3)4)25(21)28-15-16-29(27-28)26-23(19(5)6)13-10-14-24(26)20(7)8;;/h3*9-20H,1-8H3;;/q3*-1;;. The van der Waals surface area contributed by atoms with Crippen LogP contribution in [0.25, 0.3) is 0 Å². The zero-order valence-corrected chi connectivity index (χ0v) is 64.2. The second kappa shape index (κ2) is 32.9. The first-order valence-electron chi connectivity index (χ1n) is 33.2. The first-order valence-corrected chi connectivity index (χ1v) is 33.2. The predicted molar refractivity (Wildman–Crippen MR) is 399 cm³/mol. The molecule has 0 fully saturated rings. The Morgan fingerprint density at radius 2 is 0.270 bits per heavy atom.